The van der Waals surface area contributed by atoms with Crippen LogP contribution in [0.15, 0.2) is 36.5 Å². The molecule has 2 aromatic heterocycles. The quantitative estimate of drug-likeness (QED) is 0.738. The fraction of sp³-hybridized carbons (Fsp3) is 0.0833. The zero-order chi connectivity index (χ0) is 12.5. The van der Waals surface area contributed by atoms with Gasteiger partial charge in [-0.2, -0.15) is 4.68 Å². The Morgan fingerprint density at radius 3 is 2.94 bits per heavy atom. The molecule has 2 heterocycles. The van der Waals surface area contributed by atoms with E-state index in [4.69, 9.17) is 5.73 Å². The molecule has 0 aliphatic heterocycles. The van der Waals surface area contributed by atoms with E-state index >= 15 is 0 Å². The number of fused-ring (bicyclic) bond motifs is 1. The Hall–Kier alpha value is -2.34. The number of pyridine rings is 1. The topological polar surface area (TPSA) is 69.6 Å². The van der Waals surface area contributed by atoms with Crippen molar-refractivity contribution in [3.63, 3.8) is 0 Å². The van der Waals surface area contributed by atoms with Gasteiger partial charge in [0.2, 0.25) is 0 Å². The van der Waals surface area contributed by atoms with Gasteiger partial charge in [0.25, 0.3) is 0 Å². The average Bonchev–Trinajstić information content (AvgIpc) is 2.82. The number of nitrogens with two attached hydrogens (primary N) is 1. The Kier molecular flexibility index (Phi) is 2.49. The van der Waals surface area contributed by atoms with E-state index in [9.17, 15) is 4.39 Å². The maximum absolute atomic E-state index is 13.1. The maximum atomic E-state index is 13.1. The molecule has 6 heteroatoms. The van der Waals surface area contributed by atoms with E-state index in [0.717, 1.165) is 17.2 Å². The van der Waals surface area contributed by atoms with Crippen molar-refractivity contribution in [2.24, 2.45) is 5.73 Å². The van der Waals surface area contributed by atoms with Crippen LogP contribution < -0.4 is 5.73 Å². The van der Waals surface area contributed by atoms with E-state index in [1.807, 2.05) is 24.3 Å². The van der Waals surface area contributed by atoms with Crippen LogP contribution in [0, 0.1) is 5.82 Å². The third-order valence-corrected chi connectivity index (χ3v) is 2.68. The molecule has 2 N–H and O–H groups in total. The molecule has 1 aromatic carbocycles. The SMILES string of the molecule is NCc1cc(F)cnc1-n1nnc2ccccc21. The highest BCUT2D eigenvalue weighted by molar-refractivity contribution is 5.75. The van der Waals surface area contributed by atoms with Gasteiger partial charge < -0.3 is 5.73 Å². The minimum atomic E-state index is -0.413. The van der Waals surface area contributed by atoms with Crippen LogP contribution in [0.1, 0.15) is 5.56 Å². The highest BCUT2D eigenvalue weighted by Gasteiger charge is 2.11. The lowest BCUT2D eigenvalue weighted by molar-refractivity contribution is 0.615. The molecule has 0 unspecified atom stereocenters. The van der Waals surface area contributed by atoms with Gasteiger partial charge in [-0.15, -0.1) is 5.10 Å². The smallest absolute Gasteiger partial charge is 0.160 e. The Morgan fingerprint density at radius 2 is 2.11 bits per heavy atom. The Bertz CT molecular complexity index is 707. The molecule has 0 spiro atoms. The van der Waals surface area contributed by atoms with Crippen LogP contribution in [0.4, 0.5) is 4.39 Å². The number of benzene rings is 1. The summed E-state index contributed by atoms with van der Waals surface area (Å²) in [5.41, 5.74) is 7.76. The minimum absolute atomic E-state index is 0.189. The summed E-state index contributed by atoms with van der Waals surface area (Å²) in [6, 6.07) is 8.85. The predicted molar refractivity (Wildman–Crippen MR) is 64.5 cm³/mol. The molecule has 5 nitrogen and oxygen atoms in total. The Balaban J connectivity index is 2.26. The summed E-state index contributed by atoms with van der Waals surface area (Å²) in [5.74, 6) is 0.0937. The first-order valence-electron chi connectivity index (χ1n) is 5.45. The Labute approximate surface area is 102 Å². The number of hydrogen-bond acceptors (Lipinski definition) is 4. The van der Waals surface area contributed by atoms with Crippen LogP contribution in [-0.2, 0) is 6.54 Å². The van der Waals surface area contributed by atoms with Gasteiger partial charge in [0.05, 0.1) is 11.7 Å². The zero-order valence-electron chi connectivity index (χ0n) is 9.42. The fourth-order valence-corrected chi connectivity index (χ4v) is 1.84. The van der Waals surface area contributed by atoms with Crippen LogP contribution in [0.3, 0.4) is 0 Å². The molecule has 0 radical (unpaired) electrons. The Morgan fingerprint density at radius 1 is 1.28 bits per heavy atom. The van der Waals surface area contributed by atoms with E-state index in [0.29, 0.717) is 11.4 Å². The summed E-state index contributed by atoms with van der Waals surface area (Å²) >= 11 is 0. The summed E-state index contributed by atoms with van der Waals surface area (Å²) in [6.45, 7) is 0.189. The lowest BCUT2D eigenvalue weighted by Crippen LogP contribution is -2.08. The third kappa shape index (κ3) is 1.63. The molecule has 18 heavy (non-hydrogen) atoms. The molecule has 0 atom stereocenters. The van der Waals surface area contributed by atoms with Crippen molar-refractivity contribution in [1.29, 1.82) is 0 Å². The largest absolute Gasteiger partial charge is 0.326 e. The second kappa shape index (κ2) is 4.15. The summed E-state index contributed by atoms with van der Waals surface area (Å²) < 4.78 is 14.7. The lowest BCUT2D eigenvalue weighted by atomic mass is 10.2. The van der Waals surface area contributed by atoms with Crippen LogP contribution in [0.2, 0.25) is 0 Å². The van der Waals surface area contributed by atoms with Crippen LogP contribution in [-0.4, -0.2) is 20.0 Å². The van der Waals surface area contributed by atoms with Gasteiger partial charge in [0.1, 0.15) is 11.3 Å². The van der Waals surface area contributed by atoms with Crippen molar-refractivity contribution in [2.45, 2.75) is 6.54 Å². The number of aromatic nitrogens is 4. The zero-order valence-corrected chi connectivity index (χ0v) is 9.42. The predicted octanol–water partition coefficient (Wildman–Crippen LogP) is 1.41. The minimum Gasteiger partial charge on any atom is -0.326 e. The van der Waals surface area contributed by atoms with E-state index < -0.39 is 5.82 Å². The summed E-state index contributed by atoms with van der Waals surface area (Å²) in [6.07, 6.45) is 1.14. The van der Waals surface area contributed by atoms with Crippen molar-refractivity contribution in [2.75, 3.05) is 0 Å². The molecule has 3 rings (SSSR count). The molecular formula is C12H10FN5. The summed E-state index contributed by atoms with van der Waals surface area (Å²) in [5, 5.41) is 8.06. The van der Waals surface area contributed by atoms with Gasteiger partial charge in [-0.25, -0.2) is 9.37 Å². The molecule has 0 aliphatic carbocycles. The highest BCUT2D eigenvalue weighted by Crippen LogP contribution is 2.17. The van der Waals surface area contributed by atoms with E-state index in [1.54, 1.807) is 4.68 Å². The monoisotopic (exact) mass is 243 g/mol. The molecule has 0 bridgehead atoms. The first kappa shape index (κ1) is 10.8. The third-order valence-electron chi connectivity index (χ3n) is 2.68. The first-order valence-corrected chi connectivity index (χ1v) is 5.45. The normalized spacial score (nSPS) is 11.0. The molecular weight excluding hydrogens is 233 g/mol. The van der Waals surface area contributed by atoms with Crippen LogP contribution in [0.5, 0.6) is 0 Å². The van der Waals surface area contributed by atoms with Gasteiger partial charge in [-0.3, -0.25) is 0 Å². The van der Waals surface area contributed by atoms with Crippen molar-refractivity contribution in [3.8, 4) is 5.82 Å². The molecule has 0 saturated carbocycles. The van der Waals surface area contributed by atoms with Gasteiger partial charge in [-0.05, 0) is 18.2 Å². The molecule has 0 amide bonds. The van der Waals surface area contributed by atoms with Crippen LogP contribution in [0.25, 0.3) is 16.9 Å². The van der Waals surface area contributed by atoms with Crippen molar-refractivity contribution in [3.05, 3.63) is 47.9 Å². The second-order valence-electron chi connectivity index (χ2n) is 3.83. The lowest BCUT2D eigenvalue weighted by Gasteiger charge is -2.06. The number of halogens is 1. The van der Waals surface area contributed by atoms with Gasteiger partial charge in [-0.1, -0.05) is 17.3 Å². The molecule has 3 aromatic rings. The van der Waals surface area contributed by atoms with Crippen LogP contribution >= 0.6 is 0 Å². The van der Waals surface area contributed by atoms with Gasteiger partial charge in [0, 0.05) is 12.1 Å². The van der Waals surface area contributed by atoms with E-state index in [-0.39, 0.29) is 6.54 Å². The first-order chi connectivity index (χ1) is 8.79. The highest BCUT2D eigenvalue weighted by atomic mass is 19.1. The van der Waals surface area contributed by atoms with E-state index in [1.165, 1.54) is 6.07 Å². The van der Waals surface area contributed by atoms with Gasteiger partial charge in [0.15, 0.2) is 5.82 Å². The van der Waals surface area contributed by atoms with Crippen molar-refractivity contribution < 1.29 is 4.39 Å². The fourth-order valence-electron chi connectivity index (χ4n) is 1.84. The number of rotatable bonds is 2. The summed E-state index contributed by atoms with van der Waals surface area (Å²) in [4.78, 5) is 4.05. The van der Waals surface area contributed by atoms with Crippen molar-refractivity contribution >= 4 is 11.0 Å². The van der Waals surface area contributed by atoms with Crippen molar-refractivity contribution in [1.82, 2.24) is 20.0 Å². The number of nitrogens with zero attached hydrogens (tertiary/aromatic N) is 4. The van der Waals surface area contributed by atoms with Gasteiger partial charge >= 0.3 is 0 Å². The molecule has 0 saturated heterocycles. The average molecular weight is 243 g/mol. The summed E-state index contributed by atoms with van der Waals surface area (Å²) in [7, 11) is 0. The molecule has 0 fully saturated rings. The second-order valence-corrected chi connectivity index (χ2v) is 3.83. The molecule has 0 aliphatic rings. The number of para-hydroxylation sites is 1. The molecule has 90 valence electrons. The standard InChI is InChI=1S/C12H10FN5/c13-9-5-8(6-14)12(15-7-9)18-11-4-2-1-3-10(11)16-17-18/h1-5,7H,6,14H2. The van der Waals surface area contributed by atoms with E-state index in [2.05, 4.69) is 15.3 Å². The maximum Gasteiger partial charge on any atom is 0.160 e. The number of hydrogen-bond donors (Lipinski definition) is 1.